The van der Waals surface area contributed by atoms with E-state index in [2.05, 4.69) is 10.3 Å². The van der Waals surface area contributed by atoms with Gasteiger partial charge in [0.05, 0.1) is 22.6 Å². The predicted molar refractivity (Wildman–Crippen MR) is 261 cm³/mol. The minimum atomic E-state index is -4.20. The van der Waals surface area contributed by atoms with Crippen LogP contribution in [-0.2, 0) is 27.9 Å². The number of halogens is 2. The number of benzene rings is 4. The summed E-state index contributed by atoms with van der Waals surface area (Å²) in [6, 6.07) is 24.5. The molecule has 1 N–H and O–H groups in total. The van der Waals surface area contributed by atoms with E-state index in [0.717, 1.165) is 32.3 Å². The molecule has 7 rings (SSSR count). The quantitative estimate of drug-likeness (QED) is 0.0438. The molecule has 2 aliphatic heterocycles. The number of pyridine rings is 1. The fourth-order valence-corrected chi connectivity index (χ4v) is 12.1. The fourth-order valence-electron chi connectivity index (χ4n) is 8.08. The predicted octanol–water partition coefficient (Wildman–Crippen LogP) is 12.7. The second-order valence-electron chi connectivity index (χ2n) is 17.6. The molecular formula is C47H53Cl2N4O8PS2. The minimum Gasteiger partial charge on any atom is -0.448 e. The van der Waals surface area contributed by atoms with Crippen LogP contribution in [-0.4, -0.2) is 71.3 Å². The monoisotopic (exact) mass is 966 g/mol. The normalized spacial score (nSPS) is 16.2. The van der Waals surface area contributed by atoms with Crippen LogP contribution in [0.4, 0.5) is 21.9 Å². The molecule has 2 aliphatic rings. The second-order valence-corrected chi connectivity index (χ2v) is 22.1. The van der Waals surface area contributed by atoms with Crippen LogP contribution in [0.3, 0.4) is 0 Å². The molecule has 0 unspecified atom stereocenters. The highest BCUT2D eigenvalue weighted by atomic mass is 35.5. The number of hydrogen-bond donors (Lipinski definition) is 1. The van der Waals surface area contributed by atoms with Gasteiger partial charge in [0.2, 0.25) is 11.8 Å². The standard InChI is InChI=1S/C47H53Cl2N4O8PS2/c1-46(2,3)60-62(57,61-47(4,5)6)59-39-25-38-44(35-17-10-8-15-33(35)39)31(27-49)29-53(38)42(55)20-13-19-41(54)52-28-30(26-48)43-34-16-9-7-14-32(34)36(24-37(43)52)51-45(56)58-22-23-63-64-40-18-11-12-21-50-40/h7-12,14-18,21,24-25,30-31H,13,19-20,22-23,26-29H2,1-6H3,(H,51,56)/t30-,31-/m1/s1. The van der Waals surface area contributed by atoms with E-state index in [1.807, 2.05) is 72.8 Å². The number of ether oxygens (including phenoxy) is 1. The van der Waals surface area contributed by atoms with Gasteiger partial charge in [-0.05, 0) is 98.9 Å². The van der Waals surface area contributed by atoms with Gasteiger partial charge in [-0.15, -0.1) is 23.2 Å². The van der Waals surface area contributed by atoms with Crippen molar-refractivity contribution in [2.24, 2.45) is 0 Å². The van der Waals surface area contributed by atoms with Crippen molar-refractivity contribution in [1.82, 2.24) is 4.98 Å². The molecule has 0 radical (unpaired) electrons. The van der Waals surface area contributed by atoms with E-state index in [4.69, 9.17) is 41.5 Å². The zero-order chi connectivity index (χ0) is 45.8. The number of amides is 3. The number of carbonyl (C=O) groups is 3. The van der Waals surface area contributed by atoms with Crippen LogP contribution < -0.4 is 19.6 Å². The van der Waals surface area contributed by atoms with E-state index in [9.17, 15) is 18.9 Å². The van der Waals surface area contributed by atoms with E-state index in [0.29, 0.717) is 47.2 Å². The summed E-state index contributed by atoms with van der Waals surface area (Å²) in [5.41, 5.74) is 1.89. The lowest BCUT2D eigenvalue weighted by molar-refractivity contribution is -0.119. The largest absolute Gasteiger partial charge is 0.531 e. The van der Waals surface area contributed by atoms with Crippen LogP contribution in [0.5, 0.6) is 5.75 Å². The molecule has 0 aliphatic carbocycles. The second kappa shape index (κ2) is 20.2. The summed E-state index contributed by atoms with van der Waals surface area (Å²) in [5.74, 6) is 0.704. The molecule has 64 heavy (non-hydrogen) atoms. The van der Waals surface area contributed by atoms with Crippen LogP contribution in [0, 0.1) is 0 Å². The highest BCUT2D eigenvalue weighted by Crippen LogP contribution is 2.57. The first-order chi connectivity index (χ1) is 30.5. The van der Waals surface area contributed by atoms with E-state index in [-0.39, 0.29) is 61.1 Å². The Labute approximate surface area is 392 Å². The zero-order valence-electron chi connectivity index (χ0n) is 36.7. The highest BCUT2D eigenvalue weighted by Gasteiger charge is 2.41. The van der Waals surface area contributed by atoms with E-state index >= 15 is 0 Å². The van der Waals surface area contributed by atoms with Gasteiger partial charge < -0.3 is 19.1 Å². The molecule has 3 amide bonds. The molecule has 3 heterocycles. The van der Waals surface area contributed by atoms with E-state index in [1.54, 1.807) is 63.6 Å². The molecule has 0 bridgehead atoms. The van der Waals surface area contributed by atoms with Gasteiger partial charge in [0, 0.05) is 84.0 Å². The maximum atomic E-state index is 14.3. The van der Waals surface area contributed by atoms with Gasteiger partial charge in [0.15, 0.2) is 0 Å². The summed E-state index contributed by atoms with van der Waals surface area (Å²) >= 11 is 13.1. The number of fused-ring (bicyclic) bond motifs is 6. The van der Waals surface area contributed by atoms with Crippen molar-refractivity contribution >= 4 is 109 Å². The number of nitrogens with zero attached hydrogens (tertiary/aromatic N) is 3. The Morgan fingerprint density at radius 2 is 1.30 bits per heavy atom. The average Bonchev–Trinajstić information content (AvgIpc) is 3.81. The van der Waals surface area contributed by atoms with Crippen LogP contribution in [0.25, 0.3) is 21.5 Å². The molecule has 0 saturated heterocycles. The van der Waals surface area contributed by atoms with Crippen molar-refractivity contribution < 1.29 is 37.3 Å². The number of aromatic nitrogens is 1. The molecule has 0 fully saturated rings. The first-order valence-corrected chi connectivity index (χ1v) is 26.0. The number of nitrogens with one attached hydrogen (secondary N) is 1. The molecular weight excluding hydrogens is 915 g/mol. The molecule has 4 aromatic carbocycles. The molecule has 17 heteroatoms. The summed E-state index contributed by atoms with van der Waals surface area (Å²) in [6.07, 6.45) is 1.58. The van der Waals surface area contributed by atoms with Crippen molar-refractivity contribution in [2.45, 2.75) is 88.9 Å². The lowest BCUT2D eigenvalue weighted by Gasteiger charge is -2.31. The average molecular weight is 968 g/mol. The third-order valence-electron chi connectivity index (χ3n) is 10.5. The van der Waals surface area contributed by atoms with Crippen molar-refractivity contribution in [2.75, 3.05) is 52.3 Å². The lowest BCUT2D eigenvalue weighted by atomic mass is 9.95. The molecule has 12 nitrogen and oxygen atoms in total. The Morgan fingerprint density at radius 1 is 0.766 bits per heavy atom. The summed E-state index contributed by atoms with van der Waals surface area (Å²) in [6.45, 7) is 11.5. The van der Waals surface area contributed by atoms with Crippen molar-refractivity contribution in [3.05, 3.63) is 96.2 Å². The van der Waals surface area contributed by atoms with Crippen molar-refractivity contribution in [1.29, 1.82) is 0 Å². The van der Waals surface area contributed by atoms with Gasteiger partial charge in [-0.2, -0.15) is 0 Å². The molecule has 2 atom stereocenters. The molecule has 0 saturated carbocycles. The fraction of sp³-hybridized carbons (Fsp3) is 0.404. The molecule has 5 aromatic rings. The van der Waals surface area contributed by atoms with Gasteiger partial charge in [-0.1, -0.05) is 65.4 Å². The highest BCUT2D eigenvalue weighted by molar-refractivity contribution is 8.76. The maximum absolute atomic E-state index is 14.3. The summed E-state index contributed by atoms with van der Waals surface area (Å²) < 4.78 is 38.0. The van der Waals surface area contributed by atoms with E-state index < -0.39 is 25.1 Å². The van der Waals surface area contributed by atoms with Crippen LogP contribution in [0.1, 0.15) is 83.8 Å². The summed E-state index contributed by atoms with van der Waals surface area (Å²) in [7, 11) is -1.15. The smallest absolute Gasteiger partial charge is 0.448 e. The number of phosphoric acid groups is 1. The number of rotatable bonds is 16. The van der Waals surface area contributed by atoms with Gasteiger partial charge >= 0.3 is 13.9 Å². The summed E-state index contributed by atoms with van der Waals surface area (Å²) in [4.78, 5) is 49.1. The van der Waals surface area contributed by atoms with E-state index in [1.165, 1.54) is 21.6 Å². The molecule has 0 spiro atoms. The van der Waals surface area contributed by atoms with Crippen LogP contribution >= 0.6 is 52.6 Å². The summed E-state index contributed by atoms with van der Waals surface area (Å²) in [5, 5.41) is 6.97. The lowest BCUT2D eigenvalue weighted by Crippen LogP contribution is -2.32. The van der Waals surface area contributed by atoms with Gasteiger partial charge in [-0.3, -0.25) is 24.0 Å². The topological polar surface area (TPSA) is 137 Å². The SMILES string of the molecule is CC(C)(C)OP(=O)(Oc1cc2c(c3ccccc13)[C@H](CCl)CN2C(=O)CCCC(=O)N1C[C@@H](CCl)c2c1cc(NC(=O)OCCSSc1ccccn1)c1ccccc21)OC(C)(C)C. The Balaban J connectivity index is 1.06. The zero-order valence-corrected chi connectivity index (χ0v) is 40.8. The number of phosphoric ester groups is 1. The Bertz CT molecular complexity index is 2550. The molecule has 340 valence electrons. The number of anilines is 3. The first-order valence-electron chi connectivity index (χ1n) is 21.2. The van der Waals surface area contributed by atoms with Gasteiger partial charge in [-0.25, -0.2) is 14.3 Å². The Kier molecular flexibility index (Phi) is 15.2. The number of alkyl halides is 2. The maximum Gasteiger partial charge on any atom is 0.531 e. The Morgan fingerprint density at radius 3 is 1.84 bits per heavy atom. The van der Waals surface area contributed by atoms with Gasteiger partial charge in [0.25, 0.3) is 0 Å². The Hall–Kier alpha value is -4.01. The first kappa shape index (κ1) is 47.9. The third-order valence-corrected chi connectivity index (χ3v) is 15.4. The third kappa shape index (κ3) is 11.3. The van der Waals surface area contributed by atoms with Gasteiger partial charge in [0.1, 0.15) is 17.4 Å². The minimum absolute atomic E-state index is 0.0800. The van der Waals surface area contributed by atoms with Crippen molar-refractivity contribution in [3.8, 4) is 5.75 Å². The number of carbonyl (C=O) groups excluding carboxylic acids is 3. The molecule has 1 aromatic heterocycles. The van der Waals surface area contributed by atoms with Crippen LogP contribution in [0.15, 0.2) is 90.1 Å². The van der Waals surface area contributed by atoms with Crippen molar-refractivity contribution in [3.63, 3.8) is 0 Å². The number of hydrogen-bond acceptors (Lipinski definition) is 11. The van der Waals surface area contributed by atoms with Crippen LogP contribution in [0.2, 0.25) is 0 Å².